The van der Waals surface area contributed by atoms with Gasteiger partial charge in [-0.3, -0.25) is 4.79 Å². The number of nitrogens with one attached hydrogen (secondary N) is 1. The van der Waals surface area contributed by atoms with Crippen molar-refractivity contribution in [1.82, 2.24) is 0 Å². The molecule has 2 aromatic carbocycles. The van der Waals surface area contributed by atoms with E-state index in [1.54, 1.807) is 18.2 Å². The van der Waals surface area contributed by atoms with E-state index in [0.717, 1.165) is 11.1 Å². The van der Waals surface area contributed by atoms with Gasteiger partial charge in [-0.1, -0.05) is 42.0 Å². The minimum Gasteiger partial charge on any atom is -0.506 e. The van der Waals surface area contributed by atoms with Crippen molar-refractivity contribution in [2.24, 2.45) is 5.41 Å². The monoisotopic (exact) mass is 313 g/mol. The zero-order chi connectivity index (χ0) is 17.0. The fourth-order valence-electron chi connectivity index (χ4n) is 2.57. The molecule has 0 unspecified atom stereocenters. The van der Waals surface area contributed by atoms with E-state index < -0.39 is 5.41 Å². The van der Waals surface area contributed by atoms with Crippen LogP contribution in [0.25, 0.3) is 0 Å². The van der Waals surface area contributed by atoms with Gasteiger partial charge in [0.05, 0.1) is 24.3 Å². The molecule has 4 heteroatoms. The van der Waals surface area contributed by atoms with Crippen molar-refractivity contribution in [3.8, 4) is 5.75 Å². The number of hydrogen-bond donors (Lipinski definition) is 2. The highest BCUT2D eigenvalue weighted by atomic mass is 16.5. The minimum absolute atomic E-state index is 0.144. The summed E-state index contributed by atoms with van der Waals surface area (Å²) in [5.74, 6) is -0.170. The van der Waals surface area contributed by atoms with E-state index in [2.05, 4.69) is 5.32 Å². The van der Waals surface area contributed by atoms with Gasteiger partial charge in [0, 0.05) is 0 Å². The van der Waals surface area contributed by atoms with Crippen LogP contribution in [-0.2, 0) is 9.53 Å². The van der Waals surface area contributed by atoms with Gasteiger partial charge >= 0.3 is 5.97 Å². The van der Waals surface area contributed by atoms with Gasteiger partial charge in [0.2, 0.25) is 0 Å². The molecule has 0 aliphatic carbocycles. The zero-order valence-electron chi connectivity index (χ0n) is 14.0. The second-order valence-corrected chi connectivity index (χ2v) is 6.22. The average molecular weight is 313 g/mol. The SMILES string of the molecule is COC(=O)C(C)(C)[C@@H](Nc1ccccc1O)c1ccc(C)cc1. The van der Waals surface area contributed by atoms with E-state index in [4.69, 9.17) is 4.74 Å². The highest BCUT2D eigenvalue weighted by molar-refractivity contribution is 5.78. The van der Waals surface area contributed by atoms with E-state index in [1.165, 1.54) is 7.11 Å². The number of carbonyl (C=O) groups excluding carboxylic acids is 1. The van der Waals surface area contributed by atoms with Crippen molar-refractivity contribution in [2.45, 2.75) is 26.8 Å². The highest BCUT2D eigenvalue weighted by Gasteiger charge is 2.39. The second kappa shape index (κ2) is 6.73. The summed E-state index contributed by atoms with van der Waals surface area (Å²) in [6.07, 6.45) is 0. The summed E-state index contributed by atoms with van der Waals surface area (Å²) >= 11 is 0. The van der Waals surface area contributed by atoms with Crippen LogP contribution in [0.3, 0.4) is 0 Å². The molecule has 2 N–H and O–H groups in total. The molecule has 2 aromatic rings. The Hall–Kier alpha value is -2.49. The molecule has 0 saturated heterocycles. The predicted molar refractivity (Wildman–Crippen MR) is 91.4 cm³/mol. The number of phenolic OH excluding ortho intramolecular Hbond substituents is 1. The van der Waals surface area contributed by atoms with E-state index in [-0.39, 0.29) is 17.8 Å². The number of rotatable bonds is 5. The third kappa shape index (κ3) is 3.65. The lowest BCUT2D eigenvalue weighted by Crippen LogP contribution is -2.36. The van der Waals surface area contributed by atoms with Gasteiger partial charge in [-0.15, -0.1) is 0 Å². The molecular formula is C19H23NO3. The number of carbonyl (C=O) groups is 1. The van der Waals surface area contributed by atoms with Crippen LogP contribution >= 0.6 is 0 Å². The Kier molecular flexibility index (Phi) is 4.94. The van der Waals surface area contributed by atoms with Gasteiger partial charge < -0.3 is 15.2 Å². The van der Waals surface area contributed by atoms with Crippen molar-refractivity contribution < 1.29 is 14.6 Å². The first-order valence-corrected chi connectivity index (χ1v) is 7.55. The molecule has 0 bridgehead atoms. The molecule has 0 spiro atoms. The van der Waals surface area contributed by atoms with Crippen LogP contribution in [0.5, 0.6) is 5.75 Å². The maximum atomic E-state index is 12.3. The van der Waals surface area contributed by atoms with Crippen LogP contribution in [0.2, 0.25) is 0 Å². The molecule has 0 fully saturated rings. The first-order valence-electron chi connectivity index (χ1n) is 7.55. The number of hydrogen-bond acceptors (Lipinski definition) is 4. The van der Waals surface area contributed by atoms with Gasteiger partial charge in [0.1, 0.15) is 5.75 Å². The van der Waals surface area contributed by atoms with Gasteiger partial charge in [-0.05, 0) is 38.5 Å². The number of aryl methyl sites for hydroxylation is 1. The van der Waals surface area contributed by atoms with Crippen molar-refractivity contribution in [3.05, 3.63) is 59.7 Å². The summed E-state index contributed by atoms with van der Waals surface area (Å²) in [5.41, 5.74) is 1.86. The van der Waals surface area contributed by atoms with Crippen molar-refractivity contribution in [1.29, 1.82) is 0 Å². The molecular weight excluding hydrogens is 290 g/mol. The van der Waals surface area contributed by atoms with Crippen LogP contribution in [0.15, 0.2) is 48.5 Å². The van der Waals surface area contributed by atoms with Crippen molar-refractivity contribution in [2.75, 3.05) is 12.4 Å². The Balaban J connectivity index is 2.45. The smallest absolute Gasteiger partial charge is 0.313 e. The molecule has 0 aliphatic rings. The number of para-hydroxylation sites is 2. The van der Waals surface area contributed by atoms with E-state index in [9.17, 15) is 9.90 Å². The molecule has 0 radical (unpaired) electrons. The minimum atomic E-state index is -0.813. The summed E-state index contributed by atoms with van der Waals surface area (Å²) < 4.78 is 4.97. The van der Waals surface area contributed by atoms with Crippen molar-refractivity contribution in [3.63, 3.8) is 0 Å². The Morgan fingerprint density at radius 1 is 1.13 bits per heavy atom. The van der Waals surface area contributed by atoms with Gasteiger partial charge in [0.25, 0.3) is 0 Å². The Morgan fingerprint density at radius 2 is 1.74 bits per heavy atom. The first kappa shape index (κ1) is 16.9. The average Bonchev–Trinajstić information content (AvgIpc) is 2.54. The fourth-order valence-corrected chi connectivity index (χ4v) is 2.57. The number of benzene rings is 2. The topological polar surface area (TPSA) is 58.6 Å². The maximum Gasteiger partial charge on any atom is 0.313 e. The lowest BCUT2D eigenvalue weighted by Gasteiger charge is -2.33. The zero-order valence-corrected chi connectivity index (χ0v) is 14.0. The number of aromatic hydroxyl groups is 1. The van der Waals surface area contributed by atoms with E-state index in [1.807, 2.05) is 51.1 Å². The summed E-state index contributed by atoms with van der Waals surface area (Å²) in [7, 11) is 1.39. The van der Waals surface area contributed by atoms with E-state index >= 15 is 0 Å². The first-order chi connectivity index (χ1) is 10.9. The second-order valence-electron chi connectivity index (χ2n) is 6.22. The molecule has 122 valence electrons. The lowest BCUT2D eigenvalue weighted by molar-refractivity contribution is -0.151. The number of esters is 1. The van der Waals surface area contributed by atoms with Crippen LogP contribution in [0.4, 0.5) is 5.69 Å². The number of phenols is 1. The van der Waals surface area contributed by atoms with Gasteiger partial charge in [0.15, 0.2) is 0 Å². The molecule has 4 nitrogen and oxygen atoms in total. The number of anilines is 1. The molecule has 0 aliphatic heterocycles. The van der Waals surface area contributed by atoms with Crippen LogP contribution in [-0.4, -0.2) is 18.2 Å². The van der Waals surface area contributed by atoms with Crippen LogP contribution < -0.4 is 5.32 Å². The molecule has 0 heterocycles. The molecule has 1 atom stereocenters. The molecule has 0 amide bonds. The van der Waals surface area contributed by atoms with Gasteiger partial charge in [-0.25, -0.2) is 0 Å². The van der Waals surface area contributed by atoms with Gasteiger partial charge in [-0.2, -0.15) is 0 Å². The van der Waals surface area contributed by atoms with Crippen LogP contribution in [0.1, 0.15) is 31.0 Å². The summed E-state index contributed by atoms with van der Waals surface area (Å²) in [4.78, 5) is 12.3. The van der Waals surface area contributed by atoms with E-state index in [0.29, 0.717) is 5.69 Å². The summed E-state index contributed by atoms with van der Waals surface area (Å²) in [5, 5.41) is 13.3. The van der Waals surface area contributed by atoms with Crippen molar-refractivity contribution >= 4 is 11.7 Å². The molecule has 23 heavy (non-hydrogen) atoms. The maximum absolute atomic E-state index is 12.3. The molecule has 0 saturated carbocycles. The fraction of sp³-hybridized carbons (Fsp3) is 0.316. The summed E-state index contributed by atoms with van der Waals surface area (Å²) in [6, 6.07) is 14.6. The third-order valence-electron chi connectivity index (χ3n) is 4.05. The lowest BCUT2D eigenvalue weighted by atomic mass is 9.80. The number of methoxy groups -OCH3 is 1. The Bertz CT molecular complexity index is 677. The Morgan fingerprint density at radius 3 is 2.30 bits per heavy atom. The standard InChI is InChI=1S/C19H23NO3/c1-13-9-11-14(12-10-13)17(19(2,3)18(22)23-4)20-15-7-5-6-8-16(15)21/h5-12,17,20-21H,1-4H3/t17-/m0/s1. The summed E-state index contributed by atoms with van der Waals surface area (Å²) in [6.45, 7) is 5.67. The molecule has 2 rings (SSSR count). The Labute approximate surface area is 137 Å². The normalized spacial score (nSPS) is 12.5. The predicted octanol–water partition coefficient (Wildman–Crippen LogP) is 4.05. The third-order valence-corrected chi connectivity index (χ3v) is 4.05. The van der Waals surface area contributed by atoms with Crippen LogP contribution in [0, 0.1) is 12.3 Å². The molecule has 0 aromatic heterocycles. The largest absolute Gasteiger partial charge is 0.506 e. The highest BCUT2D eigenvalue weighted by Crippen LogP contribution is 2.39. The quantitative estimate of drug-likeness (QED) is 0.646. The number of ether oxygens (including phenoxy) is 1.